The van der Waals surface area contributed by atoms with Crippen molar-refractivity contribution in [3.05, 3.63) is 39.6 Å². The number of nitrogens with zero attached hydrogens (tertiary/aromatic N) is 1. The second-order valence-corrected chi connectivity index (χ2v) is 5.17. The van der Waals surface area contributed by atoms with Gasteiger partial charge in [0.1, 0.15) is 6.61 Å². The first-order chi connectivity index (χ1) is 8.19. The summed E-state index contributed by atoms with van der Waals surface area (Å²) in [6.07, 6.45) is 1.63. The second kappa shape index (κ2) is 5.44. The fourth-order valence-electron chi connectivity index (χ4n) is 1.18. The number of ether oxygens (including phenoxy) is 1. The molecular weight excluding hydrogens is 309 g/mol. The summed E-state index contributed by atoms with van der Waals surface area (Å²) in [6.45, 7) is 0.257. The Labute approximate surface area is 110 Å². The number of benzene rings is 1. The number of aromatic nitrogens is 1. The van der Waals surface area contributed by atoms with Crippen molar-refractivity contribution in [1.29, 1.82) is 0 Å². The lowest BCUT2D eigenvalue weighted by molar-refractivity contribution is 0.293. The van der Waals surface area contributed by atoms with E-state index in [-0.39, 0.29) is 12.4 Å². The Balaban J connectivity index is 2.04. The third-order valence-corrected chi connectivity index (χ3v) is 3.34. The summed E-state index contributed by atoms with van der Waals surface area (Å²) in [6, 6.07) is 4.54. The Morgan fingerprint density at radius 1 is 1.53 bits per heavy atom. The summed E-state index contributed by atoms with van der Waals surface area (Å²) < 4.78 is 19.5. The van der Waals surface area contributed by atoms with Crippen LogP contribution in [0.2, 0.25) is 0 Å². The minimum atomic E-state index is -0.394. The summed E-state index contributed by atoms with van der Waals surface area (Å²) >= 11 is 4.61. The highest BCUT2D eigenvalue weighted by molar-refractivity contribution is 9.10. The van der Waals surface area contributed by atoms with Gasteiger partial charge >= 0.3 is 0 Å². The molecule has 4 nitrogen and oxygen atoms in total. The number of hydrogen-bond acceptors (Lipinski definition) is 5. The van der Waals surface area contributed by atoms with E-state index in [0.717, 1.165) is 9.35 Å². The highest BCUT2D eigenvalue weighted by atomic mass is 79.9. The smallest absolute Gasteiger partial charge is 0.197 e. The number of halogens is 2. The Hall–Kier alpha value is -1.18. The van der Waals surface area contributed by atoms with Crippen LogP contribution in [-0.4, -0.2) is 4.98 Å². The van der Waals surface area contributed by atoms with Crippen LogP contribution in [0.15, 0.2) is 28.9 Å². The highest BCUT2D eigenvalue weighted by Gasteiger charge is 2.06. The van der Waals surface area contributed by atoms with Crippen LogP contribution in [0, 0.1) is 5.82 Å². The van der Waals surface area contributed by atoms with Crippen LogP contribution in [0.1, 0.15) is 4.88 Å². The average Bonchev–Trinajstić information content (AvgIpc) is 2.78. The first-order valence-electron chi connectivity index (χ1n) is 4.68. The number of nitrogens with two attached hydrogens (primary N) is 1. The van der Waals surface area contributed by atoms with Crippen LogP contribution < -0.4 is 16.0 Å². The molecule has 1 aromatic heterocycles. The van der Waals surface area contributed by atoms with Crippen LogP contribution in [0.4, 0.5) is 9.52 Å². The number of anilines is 1. The number of nitrogen functional groups attached to an aromatic ring is 1. The molecular formula is C10H9BrFN3OS. The van der Waals surface area contributed by atoms with Crippen molar-refractivity contribution in [2.75, 3.05) is 5.43 Å². The third-order valence-electron chi connectivity index (χ3n) is 1.94. The Morgan fingerprint density at radius 3 is 3.06 bits per heavy atom. The molecule has 0 fully saturated rings. The summed E-state index contributed by atoms with van der Waals surface area (Å²) in [4.78, 5) is 4.84. The number of hydrazine groups is 1. The first-order valence-corrected chi connectivity index (χ1v) is 6.29. The SMILES string of the molecule is NNc1ncc(COc2cc(Br)ccc2F)s1. The van der Waals surface area contributed by atoms with E-state index in [0.29, 0.717) is 5.13 Å². The monoisotopic (exact) mass is 317 g/mol. The largest absolute Gasteiger partial charge is 0.485 e. The van der Waals surface area contributed by atoms with Crippen molar-refractivity contribution in [2.24, 2.45) is 5.84 Å². The maximum absolute atomic E-state index is 13.4. The average molecular weight is 318 g/mol. The molecule has 0 aliphatic carbocycles. The van der Waals surface area contributed by atoms with Gasteiger partial charge in [-0.15, -0.1) is 0 Å². The Morgan fingerprint density at radius 2 is 2.35 bits per heavy atom. The summed E-state index contributed by atoms with van der Waals surface area (Å²) in [7, 11) is 0. The zero-order chi connectivity index (χ0) is 12.3. The van der Waals surface area contributed by atoms with Crippen LogP contribution in [0.25, 0.3) is 0 Å². The topological polar surface area (TPSA) is 60.2 Å². The Bertz CT molecular complexity index is 520. The molecule has 7 heteroatoms. The minimum Gasteiger partial charge on any atom is -0.485 e. The lowest BCUT2D eigenvalue weighted by atomic mass is 10.3. The molecule has 0 saturated heterocycles. The lowest BCUT2D eigenvalue weighted by Gasteiger charge is -2.05. The molecule has 17 heavy (non-hydrogen) atoms. The molecule has 3 N–H and O–H groups in total. The molecule has 0 radical (unpaired) electrons. The normalized spacial score (nSPS) is 10.3. The molecule has 0 unspecified atom stereocenters. The van der Waals surface area contributed by atoms with Gasteiger partial charge in [-0.25, -0.2) is 15.2 Å². The molecule has 0 aliphatic heterocycles. The van der Waals surface area contributed by atoms with E-state index in [1.54, 1.807) is 18.3 Å². The number of rotatable bonds is 4. The lowest BCUT2D eigenvalue weighted by Crippen LogP contribution is -2.05. The molecule has 0 atom stereocenters. The van der Waals surface area contributed by atoms with Crippen LogP contribution in [-0.2, 0) is 6.61 Å². The van der Waals surface area contributed by atoms with Gasteiger partial charge in [0.25, 0.3) is 0 Å². The molecule has 0 saturated carbocycles. The van der Waals surface area contributed by atoms with Crippen molar-refractivity contribution in [3.8, 4) is 5.75 Å². The number of nitrogens with one attached hydrogen (secondary N) is 1. The van der Waals surface area contributed by atoms with Gasteiger partial charge in [-0.2, -0.15) is 0 Å². The fraction of sp³-hybridized carbons (Fsp3) is 0.100. The van der Waals surface area contributed by atoms with Gasteiger partial charge < -0.3 is 4.74 Å². The van der Waals surface area contributed by atoms with Crippen LogP contribution in [0.5, 0.6) is 5.75 Å². The van der Waals surface area contributed by atoms with Crippen molar-refractivity contribution in [3.63, 3.8) is 0 Å². The molecule has 2 aromatic rings. The van der Waals surface area contributed by atoms with Gasteiger partial charge in [-0.05, 0) is 18.2 Å². The van der Waals surface area contributed by atoms with Gasteiger partial charge in [0.2, 0.25) is 0 Å². The molecule has 1 heterocycles. The summed E-state index contributed by atoms with van der Waals surface area (Å²) in [5.74, 6) is 5.02. The molecule has 0 spiro atoms. The maximum atomic E-state index is 13.4. The van der Waals surface area contributed by atoms with E-state index in [4.69, 9.17) is 10.6 Å². The van der Waals surface area contributed by atoms with Crippen molar-refractivity contribution in [1.82, 2.24) is 4.98 Å². The number of hydrogen-bond donors (Lipinski definition) is 2. The molecule has 0 bridgehead atoms. The highest BCUT2D eigenvalue weighted by Crippen LogP contribution is 2.24. The van der Waals surface area contributed by atoms with Crippen LogP contribution in [0.3, 0.4) is 0 Å². The van der Waals surface area contributed by atoms with Gasteiger partial charge in [0.15, 0.2) is 16.7 Å². The van der Waals surface area contributed by atoms with E-state index in [9.17, 15) is 4.39 Å². The first kappa shape index (κ1) is 12.3. The summed E-state index contributed by atoms with van der Waals surface area (Å²) in [5, 5.41) is 0.596. The van der Waals surface area contributed by atoms with Gasteiger partial charge in [-0.1, -0.05) is 27.3 Å². The zero-order valence-corrected chi connectivity index (χ0v) is 11.0. The Kier molecular flexibility index (Phi) is 3.93. The van der Waals surface area contributed by atoms with Gasteiger partial charge in [0, 0.05) is 10.7 Å². The van der Waals surface area contributed by atoms with Gasteiger partial charge in [-0.3, -0.25) is 5.43 Å². The van der Waals surface area contributed by atoms with E-state index < -0.39 is 5.82 Å². The predicted octanol–water partition coefficient (Wildman–Crippen LogP) is 2.91. The maximum Gasteiger partial charge on any atom is 0.197 e. The van der Waals surface area contributed by atoms with Crippen LogP contribution >= 0.6 is 27.3 Å². The van der Waals surface area contributed by atoms with Crippen molar-refractivity contribution < 1.29 is 9.13 Å². The van der Waals surface area contributed by atoms with E-state index in [2.05, 4.69) is 26.3 Å². The van der Waals surface area contributed by atoms with Gasteiger partial charge in [0.05, 0.1) is 4.88 Å². The molecule has 0 aliphatic rings. The van der Waals surface area contributed by atoms with E-state index in [1.807, 2.05) is 0 Å². The standard InChI is InChI=1S/C10H9BrFN3OS/c11-6-1-2-8(12)9(3-6)16-5-7-4-14-10(15-13)17-7/h1-4H,5,13H2,(H,14,15). The minimum absolute atomic E-state index is 0.204. The molecule has 1 aromatic carbocycles. The molecule has 2 rings (SSSR count). The zero-order valence-electron chi connectivity index (χ0n) is 8.61. The van der Waals surface area contributed by atoms with Crippen molar-refractivity contribution >= 4 is 32.4 Å². The second-order valence-electron chi connectivity index (χ2n) is 3.14. The molecule has 90 valence electrons. The van der Waals surface area contributed by atoms with Crippen molar-refractivity contribution in [2.45, 2.75) is 6.61 Å². The molecule has 0 amide bonds. The quantitative estimate of drug-likeness (QED) is 0.672. The third kappa shape index (κ3) is 3.15. The number of thiazole rings is 1. The van der Waals surface area contributed by atoms with E-state index in [1.165, 1.54) is 17.4 Å². The van der Waals surface area contributed by atoms with E-state index >= 15 is 0 Å². The predicted molar refractivity (Wildman–Crippen MR) is 68.4 cm³/mol. The summed E-state index contributed by atoms with van der Waals surface area (Å²) in [5.41, 5.74) is 2.44. The fourth-order valence-corrected chi connectivity index (χ4v) is 2.15.